The minimum Gasteiger partial charge on any atom is -0.493 e. The average molecular weight is 365 g/mol. The third kappa shape index (κ3) is 5.07. The second-order valence-electron chi connectivity index (χ2n) is 4.53. The first-order valence-electron chi connectivity index (χ1n) is 6.91. The Morgan fingerprint density at radius 1 is 1.05 bits per heavy atom. The Labute approximate surface area is 138 Å². The molecule has 0 bridgehead atoms. The van der Waals surface area contributed by atoms with E-state index in [0.29, 0.717) is 36.7 Å². The quantitative estimate of drug-likeness (QED) is 0.419. The second kappa shape index (κ2) is 8.44. The van der Waals surface area contributed by atoms with Gasteiger partial charge in [0.05, 0.1) is 13.7 Å². The van der Waals surface area contributed by atoms with E-state index in [1.54, 1.807) is 19.2 Å². The molecule has 0 aliphatic rings. The first kappa shape index (κ1) is 16.4. The van der Waals surface area contributed by atoms with Gasteiger partial charge in [0.25, 0.3) is 0 Å². The van der Waals surface area contributed by atoms with Gasteiger partial charge in [-0.2, -0.15) is 0 Å². The summed E-state index contributed by atoms with van der Waals surface area (Å²) in [6.07, 6.45) is 0.874. The van der Waals surface area contributed by atoms with Crippen LogP contribution in [0.4, 0.5) is 0 Å². The van der Waals surface area contributed by atoms with Crippen molar-refractivity contribution in [3.05, 3.63) is 53.0 Å². The Morgan fingerprint density at radius 3 is 2.41 bits per heavy atom. The molecule has 0 aliphatic carbocycles. The van der Waals surface area contributed by atoms with E-state index in [1.165, 1.54) is 0 Å². The van der Waals surface area contributed by atoms with Crippen molar-refractivity contribution in [2.75, 3.05) is 13.7 Å². The van der Waals surface area contributed by atoms with Crippen LogP contribution in [0.2, 0.25) is 0 Å². The summed E-state index contributed by atoms with van der Waals surface area (Å²) in [6, 6.07) is 14.6. The molecule has 0 amide bonds. The fourth-order valence-electron chi connectivity index (χ4n) is 1.82. The zero-order chi connectivity index (χ0) is 15.8. The summed E-state index contributed by atoms with van der Waals surface area (Å²) in [5.41, 5.74) is 0. The number of esters is 1. The van der Waals surface area contributed by atoms with E-state index in [-0.39, 0.29) is 5.97 Å². The monoisotopic (exact) mass is 364 g/mol. The molecule has 116 valence electrons. The van der Waals surface area contributed by atoms with Gasteiger partial charge in [-0.15, -0.1) is 0 Å². The summed E-state index contributed by atoms with van der Waals surface area (Å²) < 4.78 is 17.0. The highest BCUT2D eigenvalue weighted by Crippen LogP contribution is 2.25. The molecule has 0 N–H and O–H groups in total. The summed E-state index contributed by atoms with van der Waals surface area (Å²) in [5.74, 6) is 1.62. The molecule has 0 heterocycles. The molecule has 2 aromatic rings. The van der Waals surface area contributed by atoms with Crippen LogP contribution in [0.15, 0.2) is 53.0 Å². The van der Waals surface area contributed by atoms with E-state index in [9.17, 15) is 4.79 Å². The lowest BCUT2D eigenvalue weighted by Gasteiger charge is -2.10. The van der Waals surface area contributed by atoms with Gasteiger partial charge < -0.3 is 14.2 Å². The maximum Gasteiger partial charge on any atom is 0.311 e. The Bertz CT molecular complexity index is 610. The lowest BCUT2D eigenvalue weighted by atomic mass is 10.3. The zero-order valence-electron chi connectivity index (χ0n) is 12.3. The van der Waals surface area contributed by atoms with Gasteiger partial charge in [-0.25, -0.2) is 0 Å². The van der Waals surface area contributed by atoms with Gasteiger partial charge >= 0.3 is 5.97 Å². The van der Waals surface area contributed by atoms with Crippen LogP contribution in [0.25, 0.3) is 0 Å². The number of para-hydroxylation sites is 2. The summed E-state index contributed by atoms with van der Waals surface area (Å²) in [5, 5.41) is 0. The number of halogens is 1. The van der Waals surface area contributed by atoms with E-state index >= 15 is 0 Å². The van der Waals surface area contributed by atoms with Gasteiger partial charge in [0.2, 0.25) is 0 Å². The molecule has 0 fully saturated rings. The second-order valence-corrected chi connectivity index (χ2v) is 5.45. The fraction of sp³-hybridized carbons (Fsp3) is 0.235. The van der Waals surface area contributed by atoms with Crippen LogP contribution in [0, 0.1) is 0 Å². The van der Waals surface area contributed by atoms with Gasteiger partial charge in [-0.1, -0.05) is 28.1 Å². The highest BCUT2D eigenvalue weighted by Gasteiger charge is 2.06. The maximum absolute atomic E-state index is 11.7. The zero-order valence-corrected chi connectivity index (χ0v) is 13.8. The SMILES string of the molecule is COc1ccccc1OCCCC(=O)Oc1ccc(Br)cc1. The third-order valence-corrected chi connectivity index (χ3v) is 3.43. The number of methoxy groups -OCH3 is 1. The van der Waals surface area contributed by atoms with Gasteiger partial charge in [0.15, 0.2) is 11.5 Å². The van der Waals surface area contributed by atoms with Crippen LogP contribution < -0.4 is 14.2 Å². The van der Waals surface area contributed by atoms with Crippen molar-refractivity contribution < 1.29 is 19.0 Å². The number of benzene rings is 2. The van der Waals surface area contributed by atoms with E-state index < -0.39 is 0 Å². The summed E-state index contributed by atoms with van der Waals surface area (Å²) in [4.78, 5) is 11.7. The molecule has 0 aromatic heterocycles. The molecule has 0 spiro atoms. The Hall–Kier alpha value is -2.01. The average Bonchev–Trinajstić information content (AvgIpc) is 2.54. The van der Waals surface area contributed by atoms with Gasteiger partial charge in [-0.3, -0.25) is 4.79 Å². The van der Waals surface area contributed by atoms with E-state index in [4.69, 9.17) is 14.2 Å². The minimum absolute atomic E-state index is 0.272. The van der Waals surface area contributed by atoms with Crippen molar-refractivity contribution in [2.45, 2.75) is 12.8 Å². The topological polar surface area (TPSA) is 44.8 Å². The lowest BCUT2D eigenvalue weighted by molar-refractivity contribution is -0.134. The highest BCUT2D eigenvalue weighted by molar-refractivity contribution is 9.10. The summed E-state index contributed by atoms with van der Waals surface area (Å²) in [6.45, 7) is 0.426. The van der Waals surface area contributed by atoms with Crippen molar-refractivity contribution in [3.63, 3.8) is 0 Å². The van der Waals surface area contributed by atoms with Crippen LogP contribution in [-0.4, -0.2) is 19.7 Å². The number of carbonyl (C=O) groups is 1. The predicted octanol–water partition coefficient (Wildman–Crippen LogP) is 4.22. The van der Waals surface area contributed by atoms with E-state index in [1.807, 2.05) is 36.4 Å². The normalized spacial score (nSPS) is 10.1. The number of rotatable bonds is 7. The number of carbonyl (C=O) groups excluding carboxylic acids is 1. The molecular formula is C17H17BrO4. The van der Waals surface area contributed by atoms with E-state index in [2.05, 4.69) is 15.9 Å². The lowest BCUT2D eigenvalue weighted by Crippen LogP contribution is -2.10. The number of ether oxygens (including phenoxy) is 3. The van der Waals surface area contributed by atoms with Crippen molar-refractivity contribution in [2.24, 2.45) is 0 Å². The van der Waals surface area contributed by atoms with Crippen LogP contribution in [0.3, 0.4) is 0 Å². The van der Waals surface area contributed by atoms with Crippen LogP contribution in [0.1, 0.15) is 12.8 Å². The molecular weight excluding hydrogens is 348 g/mol. The predicted molar refractivity (Wildman–Crippen MR) is 87.5 cm³/mol. The van der Waals surface area contributed by atoms with Gasteiger partial charge in [0.1, 0.15) is 5.75 Å². The van der Waals surface area contributed by atoms with Gasteiger partial charge in [0, 0.05) is 10.9 Å². The first-order chi connectivity index (χ1) is 10.7. The molecule has 2 aromatic carbocycles. The van der Waals surface area contributed by atoms with Crippen LogP contribution in [-0.2, 0) is 4.79 Å². The smallest absolute Gasteiger partial charge is 0.311 e. The summed E-state index contributed by atoms with van der Waals surface area (Å²) in [7, 11) is 1.60. The van der Waals surface area contributed by atoms with Crippen LogP contribution in [0.5, 0.6) is 17.2 Å². The molecule has 4 nitrogen and oxygen atoms in total. The van der Waals surface area contributed by atoms with Crippen LogP contribution >= 0.6 is 15.9 Å². The minimum atomic E-state index is -0.272. The maximum atomic E-state index is 11.7. The van der Waals surface area contributed by atoms with Crippen molar-refractivity contribution in [3.8, 4) is 17.2 Å². The molecule has 22 heavy (non-hydrogen) atoms. The molecule has 0 saturated heterocycles. The number of hydrogen-bond donors (Lipinski definition) is 0. The molecule has 2 rings (SSSR count). The Kier molecular flexibility index (Phi) is 6.27. The molecule has 0 unspecified atom stereocenters. The standard InChI is InChI=1S/C17H17BrO4/c1-20-15-5-2-3-6-16(15)21-12-4-7-17(19)22-14-10-8-13(18)9-11-14/h2-3,5-6,8-11H,4,7,12H2,1H3. The first-order valence-corrected chi connectivity index (χ1v) is 7.70. The van der Waals surface area contributed by atoms with Crippen molar-refractivity contribution >= 4 is 21.9 Å². The Morgan fingerprint density at radius 2 is 1.73 bits per heavy atom. The Balaban J connectivity index is 1.72. The van der Waals surface area contributed by atoms with Gasteiger partial charge in [-0.05, 0) is 42.8 Å². The highest BCUT2D eigenvalue weighted by atomic mass is 79.9. The summed E-state index contributed by atoms with van der Waals surface area (Å²) >= 11 is 3.33. The fourth-order valence-corrected chi connectivity index (χ4v) is 2.09. The van der Waals surface area contributed by atoms with E-state index in [0.717, 1.165) is 4.47 Å². The van der Waals surface area contributed by atoms with Crippen molar-refractivity contribution in [1.29, 1.82) is 0 Å². The largest absolute Gasteiger partial charge is 0.493 e. The number of hydrogen-bond acceptors (Lipinski definition) is 4. The molecule has 5 heteroatoms. The molecule has 0 saturated carbocycles. The molecule has 0 aliphatic heterocycles. The molecule has 0 atom stereocenters. The third-order valence-electron chi connectivity index (χ3n) is 2.90. The van der Waals surface area contributed by atoms with Crippen molar-refractivity contribution in [1.82, 2.24) is 0 Å². The molecule has 0 radical (unpaired) electrons.